The molecule has 0 spiro atoms. The third-order valence-corrected chi connectivity index (χ3v) is 2.77. The number of halogens is 1. The van der Waals surface area contributed by atoms with E-state index in [0.29, 0.717) is 0 Å². The first-order valence-electron chi connectivity index (χ1n) is 5.45. The number of nitrogens with two attached hydrogens (primary N) is 1. The molecule has 3 N–H and O–H groups in total. The number of carbonyl (C=O) groups is 2. The summed E-state index contributed by atoms with van der Waals surface area (Å²) in [6.07, 6.45) is -0.0206. The lowest BCUT2D eigenvalue weighted by Crippen LogP contribution is -2.63. The van der Waals surface area contributed by atoms with Gasteiger partial charge in [0.1, 0.15) is 5.82 Å². The molecule has 0 aliphatic carbocycles. The molecule has 0 bridgehead atoms. The summed E-state index contributed by atoms with van der Waals surface area (Å²) in [5.41, 5.74) is 4.25. The van der Waals surface area contributed by atoms with Gasteiger partial charge in [-0.1, -0.05) is 12.1 Å². The van der Waals surface area contributed by atoms with Crippen LogP contribution in [0.5, 0.6) is 0 Å². The molecular weight excluding hydrogens is 239 g/mol. The van der Waals surface area contributed by atoms with Crippen LogP contribution in [0, 0.1) is 5.82 Å². The molecule has 1 aromatic carbocycles. The number of ether oxygens (including phenoxy) is 1. The van der Waals surface area contributed by atoms with Crippen LogP contribution in [0.25, 0.3) is 0 Å². The highest BCUT2D eigenvalue weighted by atomic mass is 19.1. The van der Waals surface area contributed by atoms with Crippen molar-refractivity contribution in [1.29, 1.82) is 0 Å². The summed E-state index contributed by atoms with van der Waals surface area (Å²) in [6, 6.07) is 5.64. The van der Waals surface area contributed by atoms with E-state index < -0.39 is 23.2 Å². The first-order chi connectivity index (χ1) is 8.52. The Morgan fingerprint density at radius 3 is 2.56 bits per heavy atom. The number of rotatable bonds is 4. The minimum Gasteiger partial charge on any atom is -0.376 e. The number of benzene rings is 1. The second-order valence-corrected chi connectivity index (χ2v) is 4.35. The molecule has 1 heterocycles. The summed E-state index contributed by atoms with van der Waals surface area (Å²) in [4.78, 5) is 22.8. The molecular formula is C12H13FN2O3. The van der Waals surface area contributed by atoms with Crippen LogP contribution >= 0.6 is 0 Å². The lowest BCUT2D eigenvalue weighted by molar-refractivity contribution is -0.127. The van der Waals surface area contributed by atoms with Crippen LogP contribution in [0.3, 0.4) is 0 Å². The molecule has 2 rings (SSSR count). The molecule has 1 aromatic rings. The van der Waals surface area contributed by atoms with E-state index in [4.69, 9.17) is 10.5 Å². The van der Waals surface area contributed by atoms with E-state index in [1.54, 1.807) is 6.07 Å². The van der Waals surface area contributed by atoms with Crippen molar-refractivity contribution in [1.82, 2.24) is 5.32 Å². The molecule has 2 amide bonds. The third kappa shape index (κ3) is 2.48. The smallest absolute Gasteiger partial charge is 0.254 e. The fourth-order valence-corrected chi connectivity index (χ4v) is 1.85. The van der Waals surface area contributed by atoms with Crippen molar-refractivity contribution in [2.75, 3.05) is 13.2 Å². The summed E-state index contributed by atoms with van der Waals surface area (Å²) >= 11 is 0. The van der Waals surface area contributed by atoms with Crippen LogP contribution < -0.4 is 11.1 Å². The van der Waals surface area contributed by atoms with E-state index in [-0.39, 0.29) is 25.2 Å². The maximum absolute atomic E-state index is 13.4. The summed E-state index contributed by atoms with van der Waals surface area (Å²) in [6.45, 7) is 0.409. The zero-order chi connectivity index (χ0) is 13.2. The number of hydrogen-bond donors (Lipinski definition) is 2. The van der Waals surface area contributed by atoms with Gasteiger partial charge < -0.3 is 15.8 Å². The Hall–Kier alpha value is -1.95. The molecule has 1 aliphatic rings. The molecule has 1 saturated heterocycles. The van der Waals surface area contributed by atoms with Gasteiger partial charge in [-0.15, -0.1) is 0 Å². The Morgan fingerprint density at radius 1 is 1.39 bits per heavy atom. The van der Waals surface area contributed by atoms with Gasteiger partial charge in [-0.2, -0.15) is 0 Å². The van der Waals surface area contributed by atoms with Crippen LogP contribution in [0.1, 0.15) is 16.8 Å². The Balaban J connectivity index is 2.11. The lowest BCUT2D eigenvalue weighted by Gasteiger charge is -2.41. The van der Waals surface area contributed by atoms with E-state index >= 15 is 0 Å². The minimum absolute atomic E-state index is 0.0206. The van der Waals surface area contributed by atoms with Gasteiger partial charge in [-0.3, -0.25) is 9.59 Å². The fraction of sp³-hybridized carbons (Fsp3) is 0.333. The molecule has 18 heavy (non-hydrogen) atoms. The normalized spacial score (nSPS) is 16.7. The molecule has 5 nitrogen and oxygen atoms in total. The third-order valence-electron chi connectivity index (χ3n) is 2.77. The van der Waals surface area contributed by atoms with Gasteiger partial charge in [0.25, 0.3) is 5.91 Å². The van der Waals surface area contributed by atoms with Gasteiger partial charge >= 0.3 is 0 Å². The SMILES string of the molecule is NC(=O)CC1(NC(=O)c2ccccc2F)COC1. The van der Waals surface area contributed by atoms with E-state index in [2.05, 4.69) is 5.32 Å². The highest BCUT2D eigenvalue weighted by Crippen LogP contribution is 2.22. The van der Waals surface area contributed by atoms with Crippen LogP contribution in [-0.2, 0) is 9.53 Å². The molecule has 0 saturated carbocycles. The van der Waals surface area contributed by atoms with Crippen LogP contribution in [0.15, 0.2) is 24.3 Å². The molecule has 0 radical (unpaired) electrons. The summed E-state index contributed by atoms with van der Waals surface area (Å²) in [5.74, 6) is -1.71. The van der Waals surface area contributed by atoms with Crippen molar-refractivity contribution in [2.24, 2.45) is 5.73 Å². The maximum atomic E-state index is 13.4. The zero-order valence-corrected chi connectivity index (χ0v) is 9.61. The lowest BCUT2D eigenvalue weighted by atomic mass is 9.92. The highest BCUT2D eigenvalue weighted by Gasteiger charge is 2.41. The monoisotopic (exact) mass is 252 g/mol. The van der Waals surface area contributed by atoms with Crippen LogP contribution in [0.4, 0.5) is 4.39 Å². The number of primary amides is 1. The maximum Gasteiger partial charge on any atom is 0.254 e. The van der Waals surface area contributed by atoms with E-state index in [1.807, 2.05) is 0 Å². The van der Waals surface area contributed by atoms with Gasteiger partial charge in [-0.25, -0.2) is 4.39 Å². The number of hydrogen-bond acceptors (Lipinski definition) is 3. The van der Waals surface area contributed by atoms with Crippen molar-refractivity contribution in [2.45, 2.75) is 12.0 Å². The van der Waals surface area contributed by atoms with E-state index in [0.717, 1.165) is 0 Å². The van der Waals surface area contributed by atoms with Gasteiger partial charge in [0.2, 0.25) is 5.91 Å². The Labute approximate surface area is 103 Å². The van der Waals surface area contributed by atoms with Crippen molar-refractivity contribution in [3.63, 3.8) is 0 Å². The Kier molecular flexibility index (Phi) is 3.29. The Morgan fingerprint density at radius 2 is 2.06 bits per heavy atom. The molecule has 1 fully saturated rings. The summed E-state index contributed by atoms with van der Waals surface area (Å²) in [5, 5.41) is 2.61. The number of nitrogens with one attached hydrogen (secondary N) is 1. The zero-order valence-electron chi connectivity index (χ0n) is 9.61. The highest BCUT2D eigenvalue weighted by molar-refractivity contribution is 5.95. The molecule has 1 aliphatic heterocycles. The molecule has 6 heteroatoms. The van der Waals surface area contributed by atoms with Gasteiger partial charge in [0.15, 0.2) is 0 Å². The average molecular weight is 252 g/mol. The van der Waals surface area contributed by atoms with Gasteiger partial charge in [0, 0.05) is 0 Å². The first-order valence-corrected chi connectivity index (χ1v) is 5.45. The van der Waals surface area contributed by atoms with Crippen molar-refractivity contribution >= 4 is 11.8 Å². The Bertz CT molecular complexity index is 486. The van der Waals surface area contributed by atoms with Crippen molar-refractivity contribution in [3.05, 3.63) is 35.6 Å². The summed E-state index contributed by atoms with van der Waals surface area (Å²) in [7, 11) is 0. The van der Waals surface area contributed by atoms with Crippen LogP contribution in [-0.4, -0.2) is 30.6 Å². The standard InChI is InChI=1S/C12H13FN2O3/c13-9-4-2-1-3-8(9)11(17)15-12(5-10(14)16)6-18-7-12/h1-4H,5-7H2,(H2,14,16)(H,15,17). The van der Waals surface area contributed by atoms with Crippen molar-refractivity contribution in [3.8, 4) is 0 Å². The quantitative estimate of drug-likeness (QED) is 0.803. The molecule has 0 atom stereocenters. The van der Waals surface area contributed by atoms with E-state index in [9.17, 15) is 14.0 Å². The minimum atomic E-state index is -0.800. The molecule has 0 aromatic heterocycles. The van der Waals surface area contributed by atoms with Crippen molar-refractivity contribution < 1.29 is 18.7 Å². The van der Waals surface area contributed by atoms with Crippen LogP contribution in [0.2, 0.25) is 0 Å². The second kappa shape index (κ2) is 4.73. The first kappa shape index (κ1) is 12.5. The molecule has 96 valence electrons. The number of amides is 2. The van der Waals surface area contributed by atoms with Gasteiger partial charge in [0.05, 0.1) is 30.7 Å². The molecule has 0 unspecified atom stereocenters. The van der Waals surface area contributed by atoms with Gasteiger partial charge in [-0.05, 0) is 12.1 Å². The predicted octanol–water partition coefficient (Wildman–Crippen LogP) is 0.200. The topological polar surface area (TPSA) is 81.4 Å². The largest absolute Gasteiger partial charge is 0.376 e. The summed E-state index contributed by atoms with van der Waals surface area (Å²) < 4.78 is 18.4. The fourth-order valence-electron chi connectivity index (χ4n) is 1.85. The predicted molar refractivity (Wildman–Crippen MR) is 61.2 cm³/mol. The number of carbonyl (C=O) groups excluding carboxylic acids is 2. The second-order valence-electron chi connectivity index (χ2n) is 4.35. The average Bonchev–Trinajstić information content (AvgIpc) is 2.25. The van der Waals surface area contributed by atoms with E-state index in [1.165, 1.54) is 18.2 Å².